The summed E-state index contributed by atoms with van der Waals surface area (Å²) in [7, 11) is 4.58. The van der Waals surface area contributed by atoms with E-state index in [1.54, 1.807) is 25.3 Å². The predicted octanol–water partition coefficient (Wildman–Crippen LogP) is 3.07. The molecule has 0 aromatic heterocycles. The maximum Gasteiger partial charge on any atom is 0.278 e. The van der Waals surface area contributed by atoms with Crippen molar-refractivity contribution in [1.82, 2.24) is 4.90 Å². The summed E-state index contributed by atoms with van der Waals surface area (Å²) in [5.41, 5.74) is 1.16. The quantitative estimate of drug-likeness (QED) is 0.502. The molecule has 8 heteroatoms. The van der Waals surface area contributed by atoms with Gasteiger partial charge in [-0.2, -0.15) is 0 Å². The number of carbonyl (C=O) groups is 2. The molecule has 1 aliphatic heterocycles. The number of amides is 2. The molecule has 1 aliphatic rings. The normalized spacial score (nSPS) is 13.8. The molecule has 2 aromatic carbocycles. The van der Waals surface area contributed by atoms with E-state index in [1.807, 2.05) is 0 Å². The van der Waals surface area contributed by atoms with Gasteiger partial charge in [-0.1, -0.05) is 12.1 Å². The number of nitrogens with zero attached hydrogens (tertiary/aromatic N) is 1. The summed E-state index contributed by atoms with van der Waals surface area (Å²) in [4.78, 5) is 27.4. The first-order chi connectivity index (χ1) is 14.5. The smallest absolute Gasteiger partial charge is 0.278 e. The number of carbonyl (C=O) groups excluding carboxylic acids is 2. The van der Waals surface area contributed by atoms with Crippen LogP contribution in [0.2, 0.25) is 0 Å². The third kappa shape index (κ3) is 4.28. The molecular weight excluding hydrogens is 391 g/mol. The second kappa shape index (κ2) is 9.41. The number of benzene rings is 2. The highest BCUT2D eigenvalue weighted by Crippen LogP contribution is 2.35. The van der Waals surface area contributed by atoms with Gasteiger partial charge in [0.25, 0.3) is 11.8 Å². The van der Waals surface area contributed by atoms with E-state index in [0.717, 1.165) is 4.90 Å². The highest BCUT2D eigenvalue weighted by molar-refractivity contribution is 6.36. The van der Waals surface area contributed by atoms with Crippen molar-refractivity contribution >= 4 is 23.1 Å². The molecule has 0 spiro atoms. The summed E-state index contributed by atoms with van der Waals surface area (Å²) in [6, 6.07) is 10.5. The van der Waals surface area contributed by atoms with E-state index in [9.17, 15) is 14.0 Å². The third-order valence-electron chi connectivity index (χ3n) is 4.70. The van der Waals surface area contributed by atoms with Crippen LogP contribution in [0.25, 0.3) is 5.57 Å². The minimum Gasteiger partial charge on any atom is -0.497 e. The van der Waals surface area contributed by atoms with Crippen molar-refractivity contribution < 1.29 is 28.2 Å². The van der Waals surface area contributed by atoms with Gasteiger partial charge in [0.2, 0.25) is 0 Å². The van der Waals surface area contributed by atoms with Crippen LogP contribution >= 0.6 is 0 Å². The van der Waals surface area contributed by atoms with Crippen LogP contribution < -0.4 is 14.8 Å². The number of hydrogen-bond donors (Lipinski definition) is 1. The SMILES string of the molecule is COCCCN1C(=O)C(Nc2cc(OC)ccc2OC)=C(c2ccc(F)cc2)C1=O. The van der Waals surface area contributed by atoms with Crippen LogP contribution in [-0.2, 0) is 14.3 Å². The highest BCUT2D eigenvalue weighted by Gasteiger charge is 2.39. The Labute approximate surface area is 174 Å². The van der Waals surface area contributed by atoms with Crippen LogP contribution in [0, 0.1) is 5.82 Å². The molecule has 7 nitrogen and oxygen atoms in total. The molecule has 2 amide bonds. The molecule has 158 valence electrons. The Balaban J connectivity index is 2.04. The van der Waals surface area contributed by atoms with Crippen LogP contribution in [0.1, 0.15) is 12.0 Å². The third-order valence-corrected chi connectivity index (χ3v) is 4.70. The van der Waals surface area contributed by atoms with Crippen molar-refractivity contribution in [2.75, 3.05) is 39.8 Å². The summed E-state index contributed by atoms with van der Waals surface area (Å²) >= 11 is 0. The Kier molecular flexibility index (Phi) is 6.68. The Morgan fingerprint density at radius 2 is 1.70 bits per heavy atom. The van der Waals surface area contributed by atoms with Gasteiger partial charge >= 0.3 is 0 Å². The molecule has 30 heavy (non-hydrogen) atoms. The molecule has 0 radical (unpaired) electrons. The summed E-state index contributed by atoms with van der Waals surface area (Å²) in [6.45, 7) is 0.617. The zero-order chi connectivity index (χ0) is 21.7. The number of ether oxygens (including phenoxy) is 3. The average Bonchev–Trinajstić information content (AvgIpc) is 2.98. The Bertz CT molecular complexity index is 972. The number of nitrogens with one attached hydrogen (secondary N) is 1. The van der Waals surface area contributed by atoms with E-state index in [0.29, 0.717) is 35.8 Å². The van der Waals surface area contributed by atoms with Gasteiger partial charge < -0.3 is 19.5 Å². The summed E-state index contributed by atoms with van der Waals surface area (Å²) in [5, 5.41) is 3.04. The van der Waals surface area contributed by atoms with Gasteiger partial charge in [-0.3, -0.25) is 14.5 Å². The van der Waals surface area contributed by atoms with E-state index in [2.05, 4.69) is 5.32 Å². The lowest BCUT2D eigenvalue weighted by Gasteiger charge is -2.16. The lowest BCUT2D eigenvalue weighted by atomic mass is 10.0. The van der Waals surface area contributed by atoms with E-state index >= 15 is 0 Å². The zero-order valence-corrected chi connectivity index (χ0v) is 17.0. The first-order valence-corrected chi connectivity index (χ1v) is 9.34. The largest absolute Gasteiger partial charge is 0.497 e. The predicted molar refractivity (Wildman–Crippen MR) is 110 cm³/mol. The minimum atomic E-state index is -0.472. The van der Waals surface area contributed by atoms with Gasteiger partial charge in [-0.05, 0) is 36.2 Å². The Morgan fingerprint density at radius 1 is 0.967 bits per heavy atom. The standard InChI is InChI=1S/C22H23FN2O5/c1-28-12-4-11-25-21(26)19(14-5-7-15(23)8-6-14)20(22(25)27)24-17-13-16(29-2)9-10-18(17)30-3/h5-10,13,24H,4,11-12H2,1-3H3. The van der Waals surface area contributed by atoms with E-state index < -0.39 is 17.6 Å². The maximum atomic E-state index is 13.4. The van der Waals surface area contributed by atoms with E-state index in [-0.39, 0.29) is 17.8 Å². The zero-order valence-electron chi connectivity index (χ0n) is 17.0. The fourth-order valence-electron chi connectivity index (χ4n) is 3.19. The van der Waals surface area contributed by atoms with Gasteiger partial charge in [0.05, 0.1) is 25.5 Å². The summed E-state index contributed by atoms with van der Waals surface area (Å²) < 4.78 is 29.1. The van der Waals surface area contributed by atoms with E-state index in [1.165, 1.54) is 38.5 Å². The Hall–Kier alpha value is -3.39. The summed E-state index contributed by atoms with van der Waals surface area (Å²) in [5.74, 6) is -0.333. The summed E-state index contributed by atoms with van der Waals surface area (Å²) in [6.07, 6.45) is 0.500. The number of halogens is 1. The molecule has 0 saturated heterocycles. The van der Waals surface area contributed by atoms with Crippen molar-refractivity contribution in [2.24, 2.45) is 0 Å². The second-order valence-electron chi connectivity index (χ2n) is 6.56. The Morgan fingerprint density at radius 3 is 2.33 bits per heavy atom. The number of methoxy groups -OCH3 is 3. The molecule has 0 saturated carbocycles. The molecule has 0 atom stereocenters. The molecule has 2 aromatic rings. The molecule has 0 bridgehead atoms. The fraction of sp³-hybridized carbons (Fsp3) is 0.273. The van der Waals surface area contributed by atoms with Crippen molar-refractivity contribution in [1.29, 1.82) is 0 Å². The van der Waals surface area contributed by atoms with Crippen molar-refractivity contribution in [2.45, 2.75) is 6.42 Å². The monoisotopic (exact) mass is 414 g/mol. The van der Waals surface area contributed by atoms with Crippen LogP contribution in [-0.4, -0.2) is 51.2 Å². The van der Waals surface area contributed by atoms with Gasteiger partial charge in [0.15, 0.2) is 0 Å². The lowest BCUT2D eigenvalue weighted by Crippen LogP contribution is -2.33. The number of imide groups is 1. The molecule has 0 aliphatic carbocycles. The van der Waals surface area contributed by atoms with Crippen molar-refractivity contribution in [3.8, 4) is 11.5 Å². The molecule has 3 rings (SSSR count). The molecule has 1 N–H and O–H groups in total. The molecule has 1 heterocycles. The van der Waals surface area contributed by atoms with Gasteiger partial charge in [-0.25, -0.2) is 4.39 Å². The minimum absolute atomic E-state index is 0.0931. The van der Waals surface area contributed by atoms with Crippen LogP contribution in [0.15, 0.2) is 48.2 Å². The topological polar surface area (TPSA) is 77.1 Å². The lowest BCUT2D eigenvalue weighted by molar-refractivity contribution is -0.136. The number of rotatable bonds is 9. The van der Waals surface area contributed by atoms with Crippen molar-refractivity contribution in [3.63, 3.8) is 0 Å². The maximum absolute atomic E-state index is 13.4. The van der Waals surface area contributed by atoms with Crippen molar-refractivity contribution in [3.05, 3.63) is 59.5 Å². The first-order valence-electron chi connectivity index (χ1n) is 9.34. The van der Waals surface area contributed by atoms with Crippen LogP contribution in [0.5, 0.6) is 11.5 Å². The highest BCUT2D eigenvalue weighted by atomic mass is 19.1. The van der Waals surface area contributed by atoms with Crippen LogP contribution in [0.3, 0.4) is 0 Å². The number of anilines is 1. The average molecular weight is 414 g/mol. The number of hydrogen-bond acceptors (Lipinski definition) is 6. The molecule has 0 fully saturated rings. The molecule has 0 unspecified atom stereocenters. The molecular formula is C22H23FN2O5. The second-order valence-corrected chi connectivity index (χ2v) is 6.56. The van der Waals surface area contributed by atoms with Gasteiger partial charge in [0, 0.05) is 26.3 Å². The van der Waals surface area contributed by atoms with E-state index in [4.69, 9.17) is 14.2 Å². The fourth-order valence-corrected chi connectivity index (χ4v) is 3.19. The first kappa shape index (κ1) is 21.3. The van der Waals surface area contributed by atoms with Gasteiger partial charge in [0.1, 0.15) is 23.0 Å². The van der Waals surface area contributed by atoms with Gasteiger partial charge in [-0.15, -0.1) is 0 Å². The van der Waals surface area contributed by atoms with Crippen LogP contribution in [0.4, 0.5) is 10.1 Å².